The largest absolute Gasteiger partial charge is 0.493 e. The number of aromatic nitrogens is 1. The van der Waals surface area contributed by atoms with Gasteiger partial charge in [-0.25, -0.2) is 4.98 Å². The summed E-state index contributed by atoms with van der Waals surface area (Å²) in [6.07, 6.45) is 2.85. The molecule has 0 saturated carbocycles. The minimum Gasteiger partial charge on any atom is -0.493 e. The molecule has 0 unspecified atom stereocenters. The van der Waals surface area contributed by atoms with Crippen molar-refractivity contribution in [3.05, 3.63) is 65.0 Å². The fourth-order valence-corrected chi connectivity index (χ4v) is 3.93. The summed E-state index contributed by atoms with van der Waals surface area (Å²) in [6.45, 7) is 5.88. The van der Waals surface area contributed by atoms with Crippen molar-refractivity contribution >= 4 is 11.7 Å². The molecule has 6 nitrogen and oxygen atoms in total. The number of fused-ring (bicyclic) bond motifs is 1. The lowest BCUT2D eigenvalue weighted by Crippen LogP contribution is -2.31. The number of aryl methyl sites for hydroxylation is 3. The van der Waals surface area contributed by atoms with Crippen LogP contribution in [-0.2, 0) is 17.6 Å². The van der Waals surface area contributed by atoms with Crippen molar-refractivity contribution in [2.24, 2.45) is 0 Å². The summed E-state index contributed by atoms with van der Waals surface area (Å²) in [5.41, 5.74) is 5.41. The van der Waals surface area contributed by atoms with E-state index in [1.165, 1.54) is 11.1 Å². The predicted molar refractivity (Wildman–Crippen MR) is 120 cm³/mol. The molecule has 0 amide bonds. The first kappa shape index (κ1) is 21.0. The predicted octanol–water partition coefficient (Wildman–Crippen LogP) is 4.81. The van der Waals surface area contributed by atoms with Gasteiger partial charge in [0, 0.05) is 36.8 Å². The summed E-state index contributed by atoms with van der Waals surface area (Å²) in [5, 5.41) is 9.02. The van der Waals surface area contributed by atoms with E-state index in [0.717, 1.165) is 47.8 Å². The highest BCUT2D eigenvalue weighted by atomic mass is 16.5. The van der Waals surface area contributed by atoms with Crippen LogP contribution >= 0.6 is 0 Å². The van der Waals surface area contributed by atoms with Gasteiger partial charge in [0.05, 0.1) is 18.7 Å². The van der Waals surface area contributed by atoms with E-state index < -0.39 is 5.97 Å². The maximum absolute atomic E-state index is 11.0. The van der Waals surface area contributed by atoms with Crippen molar-refractivity contribution in [1.29, 1.82) is 0 Å². The SMILES string of the molecule is Cc1ccc(-c2nc(CCOc3ccc4c(c3)N(CCC(=O)O)CCC4)c(C)o2)cc1. The second-order valence-corrected chi connectivity index (χ2v) is 8.01. The maximum atomic E-state index is 11.0. The molecular weight excluding hydrogens is 392 g/mol. The van der Waals surface area contributed by atoms with Crippen LogP contribution in [0.2, 0.25) is 0 Å². The van der Waals surface area contributed by atoms with E-state index in [2.05, 4.69) is 22.9 Å². The minimum absolute atomic E-state index is 0.138. The quantitative estimate of drug-likeness (QED) is 0.564. The van der Waals surface area contributed by atoms with Crippen LogP contribution < -0.4 is 9.64 Å². The Morgan fingerprint density at radius 2 is 2.00 bits per heavy atom. The first-order valence-corrected chi connectivity index (χ1v) is 10.8. The zero-order valence-corrected chi connectivity index (χ0v) is 18.1. The Balaban J connectivity index is 1.39. The van der Waals surface area contributed by atoms with Gasteiger partial charge in [0.2, 0.25) is 5.89 Å². The summed E-state index contributed by atoms with van der Waals surface area (Å²) in [7, 11) is 0. The number of benzene rings is 2. The number of nitrogens with zero attached hydrogens (tertiary/aromatic N) is 2. The van der Waals surface area contributed by atoms with Crippen LogP contribution in [0.5, 0.6) is 5.75 Å². The number of hydrogen-bond acceptors (Lipinski definition) is 5. The molecule has 6 heteroatoms. The zero-order chi connectivity index (χ0) is 21.8. The van der Waals surface area contributed by atoms with Gasteiger partial charge in [-0.05, 0) is 50.5 Å². The fraction of sp³-hybridized carbons (Fsp3) is 0.360. The number of anilines is 1. The summed E-state index contributed by atoms with van der Waals surface area (Å²) in [4.78, 5) is 17.8. The minimum atomic E-state index is -0.771. The van der Waals surface area contributed by atoms with Crippen molar-refractivity contribution in [2.75, 3.05) is 24.6 Å². The lowest BCUT2D eigenvalue weighted by molar-refractivity contribution is -0.136. The molecule has 0 saturated heterocycles. The molecule has 1 aromatic heterocycles. The molecule has 1 aliphatic rings. The number of ether oxygens (including phenoxy) is 1. The van der Waals surface area contributed by atoms with Crippen LogP contribution in [0.1, 0.15) is 35.4 Å². The van der Waals surface area contributed by atoms with Gasteiger partial charge in [0.15, 0.2) is 0 Å². The summed E-state index contributed by atoms with van der Waals surface area (Å²) >= 11 is 0. The van der Waals surface area contributed by atoms with Crippen LogP contribution in [0.15, 0.2) is 46.9 Å². The highest BCUT2D eigenvalue weighted by Crippen LogP contribution is 2.31. The van der Waals surface area contributed by atoms with Crippen LogP contribution in [0.3, 0.4) is 0 Å². The van der Waals surface area contributed by atoms with Gasteiger partial charge in [-0.15, -0.1) is 0 Å². The average Bonchev–Trinajstić information content (AvgIpc) is 3.13. The normalized spacial score (nSPS) is 13.2. The molecule has 31 heavy (non-hydrogen) atoms. The van der Waals surface area contributed by atoms with Gasteiger partial charge >= 0.3 is 5.97 Å². The van der Waals surface area contributed by atoms with Crippen molar-refractivity contribution < 1.29 is 19.1 Å². The number of hydrogen-bond donors (Lipinski definition) is 1. The average molecular weight is 421 g/mol. The van der Waals surface area contributed by atoms with Gasteiger partial charge in [0.1, 0.15) is 11.5 Å². The summed E-state index contributed by atoms with van der Waals surface area (Å²) in [5.74, 6) is 1.47. The van der Waals surface area contributed by atoms with E-state index in [9.17, 15) is 4.79 Å². The van der Waals surface area contributed by atoms with E-state index in [-0.39, 0.29) is 6.42 Å². The lowest BCUT2D eigenvalue weighted by Gasteiger charge is -2.31. The van der Waals surface area contributed by atoms with E-state index in [4.69, 9.17) is 14.3 Å². The Bertz CT molecular complexity index is 1060. The van der Waals surface area contributed by atoms with Crippen molar-refractivity contribution in [2.45, 2.75) is 39.5 Å². The van der Waals surface area contributed by atoms with Crippen LogP contribution in [0.4, 0.5) is 5.69 Å². The van der Waals surface area contributed by atoms with E-state index in [1.54, 1.807) is 0 Å². The standard InChI is InChI=1S/C25H28N2O4/c1-17-5-7-20(8-6-17)25-26-22(18(2)31-25)12-15-30-21-10-9-19-4-3-13-27(23(19)16-21)14-11-24(28)29/h5-10,16H,3-4,11-15H2,1-2H3,(H,28,29). The molecule has 0 spiro atoms. The number of carboxylic acid groups (broad SMARTS) is 1. The lowest BCUT2D eigenvalue weighted by atomic mass is 10.0. The van der Waals surface area contributed by atoms with Gasteiger partial charge in [0.25, 0.3) is 0 Å². The molecule has 162 valence electrons. The van der Waals surface area contributed by atoms with Crippen LogP contribution in [0.25, 0.3) is 11.5 Å². The van der Waals surface area contributed by atoms with Crippen LogP contribution in [0, 0.1) is 13.8 Å². The first-order chi connectivity index (χ1) is 15.0. The van der Waals surface area contributed by atoms with Gasteiger partial charge in [-0.1, -0.05) is 23.8 Å². The number of rotatable bonds is 8. The number of carboxylic acids is 1. The zero-order valence-electron chi connectivity index (χ0n) is 18.1. The highest BCUT2D eigenvalue weighted by Gasteiger charge is 2.18. The van der Waals surface area contributed by atoms with E-state index in [1.807, 2.05) is 43.3 Å². The molecule has 2 heterocycles. The van der Waals surface area contributed by atoms with Crippen molar-refractivity contribution in [3.63, 3.8) is 0 Å². The van der Waals surface area contributed by atoms with E-state index in [0.29, 0.717) is 25.5 Å². The molecule has 2 aromatic carbocycles. The number of carbonyl (C=O) groups is 1. The molecule has 0 radical (unpaired) electrons. The summed E-state index contributed by atoms with van der Waals surface area (Å²) in [6, 6.07) is 14.3. The van der Waals surface area contributed by atoms with Gasteiger partial charge < -0.3 is 19.2 Å². The molecule has 0 atom stereocenters. The molecular formula is C25H28N2O4. The molecule has 1 N–H and O–H groups in total. The topological polar surface area (TPSA) is 75.8 Å². The molecule has 3 aromatic rings. The Kier molecular flexibility index (Phi) is 6.26. The Morgan fingerprint density at radius 3 is 2.77 bits per heavy atom. The second-order valence-electron chi connectivity index (χ2n) is 8.01. The molecule has 1 aliphatic heterocycles. The Labute approximate surface area is 182 Å². The molecule has 0 bridgehead atoms. The Morgan fingerprint density at radius 1 is 1.19 bits per heavy atom. The Hall–Kier alpha value is -3.28. The van der Waals surface area contributed by atoms with Crippen molar-refractivity contribution in [3.8, 4) is 17.2 Å². The molecule has 4 rings (SSSR count). The fourth-order valence-electron chi connectivity index (χ4n) is 3.93. The third-order valence-electron chi connectivity index (χ3n) is 5.67. The summed E-state index contributed by atoms with van der Waals surface area (Å²) < 4.78 is 11.9. The maximum Gasteiger partial charge on any atom is 0.305 e. The number of aliphatic carboxylic acids is 1. The van der Waals surface area contributed by atoms with E-state index >= 15 is 0 Å². The molecule has 0 aliphatic carbocycles. The third kappa shape index (κ3) is 5.08. The van der Waals surface area contributed by atoms with Crippen molar-refractivity contribution in [1.82, 2.24) is 4.98 Å². The van der Waals surface area contributed by atoms with Crippen LogP contribution in [-0.4, -0.2) is 35.8 Å². The second kappa shape index (κ2) is 9.25. The monoisotopic (exact) mass is 420 g/mol. The number of oxazole rings is 1. The highest BCUT2D eigenvalue weighted by molar-refractivity contribution is 5.68. The van der Waals surface area contributed by atoms with Gasteiger partial charge in [-0.3, -0.25) is 4.79 Å². The first-order valence-electron chi connectivity index (χ1n) is 10.8. The molecule has 0 fully saturated rings. The smallest absolute Gasteiger partial charge is 0.305 e. The van der Waals surface area contributed by atoms with Gasteiger partial charge in [-0.2, -0.15) is 0 Å². The third-order valence-corrected chi connectivity index (χ3v) is 5.67.